The maximum Gasteiger partial charge on any atom is 0.219 e. The van der Waals surface area contributed by atoms with Gasteiger partial charge in [-0.15, -0.1) is 0 Å². The van der Waals surface area contributed by atoms with Gasteiger partial charge in [-0.2, -0.15) is 0 Å². The zero-order chi connectivity index (χ0) is 13.5. The molecule has 0 aromatic heterocycles. The molecule has 2 nitrogen and oxygen atoms in total. The highest BCUT2D eigenvalue weighted by Gasteiger charge is 1.99. The average Bonchev–Trinajstić information content (AvgIpc) is 2.37. The third-order valence-electron chi connectivity index (χ3n) is 3.36. The lowest BCUT2D eigenvalue weighted by Gasteiger charge is -2.04. The lowest BCUT2D eigenvalue weighted by Crippen LogP contribution is -2.23. The minimum Gasteiger partial charge on any atom is -0.356 e. The Hall–Kier alpha value is -0.530. The minimum absolute atomic E-state index is 0.242. The van der Waals surface area contributed by atoms with Crippen molar-refractivity contribution in [3.05, 3.63) is 0 Å². The zero-order valence-corrected chi connectivity index (χ0v) is 12.6. The Morgan fingerprint density at radius 2 is 1.22 bits per heavy atom. The van der Waals surface area contributed by atoms with E-state index in [1.165, 1.54) is 51.4 Å². The standard InChI is InChI=1S/C16H33NO/c1-3-5-7-8-9-10-11-12-13-14-16(18)17-15-6-4-2/h3-15H2,1-2H3,(H,17,18). The van der Waals surface area contributed by atoms with Crippen LogP contribution in [0.4, 0.5) is 0 Å². The maximum absolute atomic E-state index is 11.4. The Kier molecular flexibility index (Phi) is 14.1. The normalized spacial score (nSPS) is 10.6. The number of hydrogen-bond acceptors (Lipinski definition) is 1. The summed E-state index contributed by atoms with van der Waals surface area (Å²) >= 11 is 0. The topological polar surface area (TPSA) is 29.1 Å². The van der Waals surface area contributed by atoms with Crippen molar-refractivity contribution in [3.8, 4) is 0 Å². The van der Waals surface area contributed by atoms with Crippen molar-refractivity contribution in [1.29, 1.82) is 0 Å². The molecule has 1 amide bonds. The van der Waals surface area contributed by atoms with Gasteiger partial charge < -0.3 is 5.32 Å². The van der Waals surface area contributed by atoms with Gasteiger partial charge in [-0.05, 0) is 12.8 Å². The van der Waals surface area contributed by atoms with E-state index in [9.17, 15) is 4.79 Å². The monoisotopic (exact) mass is 255 g/mol. The van der Waals surface area contributed by atoms with Crippen LogP contribution in [-0.2, 0) is 4.79 Å². The molecular formula is C16H33NO. The Balaban J connectivity index is 3.08. The van der Waals surface area contributed by atoms with E-state index in [1.54, 1.807) is 0 Å². The van der Waals surface area contributed by atoms with Crippen LogP contribution < -0.4 is 5.32 Å². The second-order valence-corrected chi connectivity index (χ2v) is 5.28. The van der Waals surface area contributed by atoms with Crippen LogP contribution >= 0.6 is 0 Å². The van der Waals surface area contributed by atoms with Crippen molar-refractivity contribution in [3.63, 3.8) is 0 Å². The Bertz CT molecular complexity index is 180. The van der Waals surface area contributed by atoms with E-state index in [0.717, 1.165) is 32.2 Å². The summed E-state index contributed by atoms with van der Waals surface area (Å²) < 4.78 is 0. The van der Waals surface area contributed by atoms with Gasteiger partial charge >= 0.3 is 0 Å². The van der Waals surface area contributed by atoms with E-state index >= 15 is 0 Å². The molecule has 0 radical (unpaired) electrons. The highest BCUT2D eigenvalue weighted by atomic mass is 16.1. The summed E-state index contributed by atoms with van der Waals surface area (Å²) in [5.74, 6) is 0.242. The number of amides is 1. The summed E-state index contributed by atoms with van der Waals surface area (Å²) in [4.78, 5) is 11.4. The molecule has 0 aliphatic carbocycles. The number of unbranched alkanes of at least 4 members (excludes halogenated alkanes) is 9. The van der Waals surface area contributed by atoms with Crippen LogP contribution in [0, 0.1) is 0 Å². The molecule has 0 spiro atoms. The van der Waals surface area contributed by atoms with Crippen LogP contribution in [0.3, 0.4) is 0 Å². The van der Waals surface area contributed by atoms with E-state index in [0.29, 0.717) is 0 Å². The fourth-order valence-electron chi connectivity index (χ4n) is 2.09. The predicted molar refractivity (Wildman–Crippen MR) is 79.8 cm³/mol. The van der Waals surface area contributed by atoms with E-state index in [-0.39, 0.29) is 5.91 Å². The van der Waals surface area contributed by atoms with Crippen LogP contribution in [0.15, 0.2) is 0 Å². The third-order valence-corrected chi connectivity index (χ3v) is 3.36. The van der Waals surface area contributed by atoms with Gasteiger partial charge in [-0.3, -0.25) is 4.79 Å². The van der Waals surface area contributed by atoms with Crippen LogP contribution in [0.25, 0.3) is 0 Å². The molecule has 0 aliphatic rings. The van der Waals surface area contributed by atoms with Gasteiger partial charge in [0.15, 0.2) is 0 Å². The quantitative estimate of drug-likeness (QED) is 0.469. The summed E-state index contributed by atoms with van der Waals surface area (Å²) in [6.45, 7) is 5.25. The lowest BCUT2D eigenvalue weighted by atomic mass is 10.1. The van der Waals surface area contributed by atoms with Gasteiger partial charge in [0.25, 0.3) is 0 Å². The van der Waals surface area contributed by atoms with E-state index < -0.39 is 0 Å². The molecular weight excluding hydrogens is 222 g/mol. The summed E-state index contributed by atoms with van der Waals surface area (Å²) in [6, 6.07) is 0. The first-order valence-electron chi connectivity index (χ1n) is 8.08. The third kappa shape index (κ3) is 13.5. The number of rotatable bonds is 13. The van der Waals surface area contributed by atoms with Crippen molar-refractivity contribution in [2.24, 2.45) is 0 Å². The summed E-state index contributed by atoms with van der Waals surface area (Å²) in [5.41, 5.74) is 0. The molecule has 0 unspecified atom stereocenters. The Labute approximate surface area is 114 Å². The fourth-order valence-corrected chi connectivity index (χ4v) is 2.09. The van der Waals surface area contributed by atoms with Crippen molar-refractivity contribution in [2.45, 2.75) is 90.9 Å². The van der Waals surface area contributed by atoms with Crippen molar-refractivity contribution in [1.82, 2.24) is 5.32 Å². The summed E-state index contributed by atoms with van der Waals surface area (Å²) in [7, 11) is 0. The first-order chi connectivity index (χ1) is 8.81. The largest absolute Gasteiger partial charge is 0.356 e. The van der Waals surface area contributed by atoms with Crippen LogP contribution in [-0.4, -0.2) is 12.5 Å². The second kappa shape index (κ2) is 14.5. The summed E-state index contributed by atoms with van der Waals surface area (Å²) in [6.07, 6.45) is 14.8. The van der Waals surface area contributed by atoms with E-state index in [1.807, 2.05) is 0 Å². The molecule has 0 bridgehead atoms. The molecule has 0 saturated carbocycles. The molecule has 18 heavy (non-hydrogen) atoms. The van der Waals surface area contributed by atoms with Crippen LogP contribution in [0.1, 0.15) is 90.9 Å². The number of nitrogens with one attached hydrogen (secondary N) is 1. The molecule has 0 aromatic rings. The summed E-state index contributed by atoms with van der Waals surface area (Å²) in [5, 5.41) is 2.97. The number of carbonyl (C=O) groups is 1. The maximum atomic E-state index is 11.4. The highest BCUT2D eigenvalue weighted by molar-refractivity contribution is 5.75. The Morgan fingerprint density at radius 1 is 0.722 bits per heavy atom. The predicted octanol–water partition coefficient (Wildman–Crippen LogP) is 4.82. The molecule has 1 N–H and O–H groups in total. The molecule has 0 atom stereocenters. The molecule has 0 rings (SSSR count). The van der Waals surface area contributed by atoms with Crippen molar-refractivity contribution >= 4 is 5.91 Å². The van der Waals surface area contributed by atoms with Gasteiger partial charge in [0.1, 0.15) is 0 Å². The minimum atomic E-state index is 0.242. The Morgan fingerprint density at radius 3 is 1.78 bits per heavy atom. The first kappa shape index (κ1) is 17.5. The van der Waals surface area contributed by atoms with Crippen molar-refractivity contribution < 1.29 is 4.79 Å². The van der Waals surface area contributed by atoms with Gasteiger partial charge in [0.05, 0.1) is 0 Å². The molecule has 0 aromatic carbocycles. The molecule has 0 saturated heterocycles. The highest BCUT2D eigenvalue weighted by Crippen LogP contribution is 2.10. The van der Waals surface area contributed by atoms with Crippen LogP contribution in [0.2, 0.25) is 0 Å². The van der Waals surface area contributed by atoms with Gasteiger partial charge in [-0.1, -0.05) is 71.6 Å². The van der Waals surface area contributed by atoms with E-state index in [2.05, 4.69) is 19.2 Å². The zero-order valence-electron chi connectivity index (χ0n) is 12.6. The number of hydrogen-bond donors (Lipinski definition) is 1. The molecule has 108 valence electrons. The first-order valence-corrected chi connectivity index (χ1v) is 8.08. The fraction of sp³-hybridized carbons (Fsp3) is 0.938. The van der Waals surface area contributed by atoms with Gasteiger partial charge in [-0.25, -0.2) is 0 Å². The van der Waals surface area contributed by atoms with E-state index in [4.69, 9.17) is 0 Å². The average molecular weight is 255 g/mol. The number of carbonyl (C=O) groups excluding carboxylic acids is 1. The second-order valence-electron chi connectivity index (χ2n) is 5.28. The lowest BCUT2D eigenvalue weighted by molar-refractivity contribution is -0.121. The van der Waals surface area contributed by atoms with Gasteiger partial charge in [0, 0.05) is 13.0 Å². The SMILES string of the molecule is CCCCCCCCCCCC(=O)NCCCC. The molecule has 2 heteroatoms. The molecule has 0 aliphatic heterocycles. The van der Waals surface area contributed by atoms with Crippen molar-refractivity contribution in [2.75, 3.05) is 6.54 Å². The van der Waals surface area contributed by atoms with Gasteiger partial charge in [0.2, 0.25) is 5.91 Å². The van der Waals surface area contributed by atoms with Crippen LogP contribution in [0.5, 0.6) is 0 Å². The molecule has 0 heterocycles. The smallest absolute Gasteiger partial charge is 0.219 e. The molecule has 0 fully saturated rings.